The average Bonchev–Trinajstić information content (AvgIpc) is 2.99. The highest BCUT2D eigenvalue weighted by Crippen LogP contribution is 2.38. The van der Waals surface area contributed by atoms with E-state index in [2.05, 4.69) is 10.1 Å². The van der Waals surface area contributed by atoms with Crippen molar-refractivity contribution >= 4 is 5.91 Å². The summed E-state index contributed by atoms with van der Waals surface area (Å²) >= 11 is 0. The second-order valence-electron chi connectivity index (χ2n) is 4.36. The zero-order valence-corrected chi connectivity index (χ0v) is 9.35. The van der Waals surface area contributed by atoms with E-state index in [0.717, 1.165) is 18.7 Å². The smallest absolute Gasteiger partial charge is 0.229 e. The largest absolute Gasteiger partial charge is 0.369 e. The van der Waals surface area contributed by atoms with Gasteiger partial charge in [0.1, 0.15) is 0 Å². The van der Waals surface area contributed by atoms with Crippen LogP contribution in [0.25, 0.3) is 0 Å². The third kappa shape index (κ3) is 2.81. The van der Waals surface area contributed by atoms with Gasteiger partial charge in [-0.15, -0.1) is 0 Å². The maximum atomic E-state index is 10.8. The summed E-state index contributed by atoms with van der Waals surface area (Å²) in [5, 5.41) is 3.89. The summed E-state index contributed by atoms with van der Waals surface area (Å²) in [6, 6.07) is 0. The second-order valence-corrected chi connectivity index (χ2v) is 4.36. The number of aromatic nitrogens is 2. The summed E-state index contributed by atoms with van der Waals surface area (Å²) in [4.78, 5) is 15.1. The van der Waals surface area contributed by atoms with E-state index >= 15 is 0 Å². The van der Waals surface area contributed by atoms with Gasteiger partial charge in [-0.05, 0) is 25.7 Å². The molecule has 1 saturated carbocycles. The molecule has 0 aliphatic heterocycles. The molecule has 2 N–H and O–H groups in total. The van der Waals surface area contributed by atoms with Crippen LogP contribution in [0, 0.1) is 12.3 Å². The van der Waals surface area contributed by atoms with E-state index in [1.807, 2.05) is 13.3 Å². The van der Waals surface area contributed by atoms with Gasteiger partial charge in [0.2, 0.25) is 11.8 Å². The first-order valence-corrected chi connectivity index (χ1v) is 5.60. The van der Waals surface area contributed by atoms with Gasteiger partial charge >= 0.3 is 0 Å². The lowest BCUT2D eigenvalue weighted by molar-refractivity contribution is -0.121. The van der Waals surface area contributed by atoms with Gasteiger partial charge in [-0.2, -0.15) is 4.98 Å². The van der Waals surface area contributed by atoms with Gasteiger partial charge in [-0.1, -0.05) is 12.1 Å². The fourth-order valence-electron chi connectivity index (χ4n) is 1.43. The SMILES string of the molecule is C[C@@H](C[CH]Cc1noc(C2CC2)n1)C(N)=O. The Morgan fingerprint density at radius 2 is 2.44 bits per heavy atom. The van der Waals surface area contributed by atoms with Gasteiger partial charge in [0.25, 0.3) is 0 Å². The molecule has 1 aromatic heterocycles. The number of amides is 1. The molecule has 87 valence electrons. The molecule has 1 aliphatic rings. The third-order valence-electron chi connectivity index (χ3n) is 2.74. The zero-order valence-electron chi connectivity index (χ0n) is 9.35. The Kier molecular flexibility index (Phi) is 3.22. The molecule has 5 nitrogen and oxygen atoms in total. The van der Waals surface area contributed by atoms with Gasteiger partial charge in [-0.3, -0.25) is 4.79 Å². The predicted molar refractivity (Wildman–Crippen MR) is 57.3 cm³/mol. The maximum Gasteiger partial charge on any atom is 0.229 e. The van der Waals surface area contributed by atoms with Crippen molar-refractivity contribution in [3.8, 4) is 0 Å². The molecule has 0 spiro atoms. The number of nitrogens with two attached hydrogens (primary N) is 1. The molecule has 1 amide bonds. The van der Waals surface area contributed by atoms with Crippen molar-refractivity contribution in [3.63, 3.8) is 0 Å². The van der Waals surface area contributed by atoms with Crippen LogP contribution in [0.2, 0.25) is 0 Å². The van der Waals surface area contributed by atoms with Crippen LogP contribution in [-0.4, -0.2) is 16.0 Å². The van der Waals surface area contributed by atoms with Crippen molar-refractivity contribution < 1.29 is 9.32 Å². The number of hydrogen-bond acceptors (Lipinski definition) is 4. The molecule has 1 atom stereocenters. The van der Waals surface area contributed by atoms with Gasteiger partial charge in [0.05, 0.1) is 0 Å². The Balaban J connectivity index is 1.74. The van der Waals surface area contributed by atoms with Gasteiger partial charge in [0.15, 0.2) is 5.82 Å². The van der Waals surface area contributed by atoms with Crippen LogP contribution in [0.3, 0.4) is 0 Å². The minimum absolute atomic E-state index is 0.130. The van der Waals surface area contributed by atoms with Crippen LogP contribution < -0.4 is 5.73 Å². The summed E-state index contributed by atoms with van der Waals surface area (Å²) in [5.74, 6) is 1.54. The number of carbonyl (C=O) groups excluding carboxylic acids is 1. The number of hydrogen-bond donors (Lipinski definition) is 1. The third-order valence-corrected chi connectivity index (χ3v) is 2.74. The van der Waals surface area contributed by atoms with Crippen LogP contribution in [0.15, 0.2) is 4.52 Å². The molecule has 1 aliphatic carbocycles. The van der Waals surface area contributed by atoms with E-state index < -0.39 is 0 Å². The van der Waals surface area contributed by atoms with Gasteiger partial charge in [0, 0.05) is 18.3 Å². The van der Waals surface area contributed by atoms with Crippen molar-refractivity contribution in [2.45, 2.75) is 38.5 Å². The summed E-state index contributed by atoms with van der Waals surface area (Å²) < 4.78 is 5.12. The van der Waals surface area contributed by atoms with Crippen molar-refractivity contribution in [1.82, 2.24) is 10.1 Å². The standard InChI is InChI=1S/C11H16N3O2/c1-7(10(12)15)3-2-4-9-13-11(16-14-9)8-5-6-8/h2,7-8H,3-6H2,1H3,(H2,12,15)/t7-/m0/s1. The van der Waals surface area contributed by atoms with E-state index in [4.69, 9.17) is 10.3 Å². The van der Waals surface area contributed by atoms with Crippen LogP contribution >= 0.6 is 0 Å². The van der Waals surface area contributed by atoms with E-state index in [1.54, 1.807) is 0 Å². The number of primary amides is 1. The highest BCUT2D eigenvalue weighted by atomic mass is 16.5. The number of nitrogens with zero attached hydrogens (tertiary/aromatic N) is 2. The maximum absolute atomic E-state index is 10.8. The summed E-state index contributed by atoms with van der Waals surface area (Å²) in [5.41, 5.74) is 5.16. The van der Waals surface area contributed by atoms with E-state index in [1.165, 1.54) is 0 Å². The van der Waals surface area contributed by atoms with Crippen LogP contribution in [0.5, 0.6) is 0 Å². The molecule has 0 saturated heterocycles. The Hall–Kier alpha value is -1.39. The topological polar surface area (TPSA) is 82.0 Å². The predicted octanol–water partition coefficient (Wildman–Crippen LogP) is 1.21. The quantitative estimate of drug-likeness (QED) is 0.784. The fourth-order valence-corrected chi connectivity index (χ4v) is 1.43. The van der Waals surface area contributed by atoms with Crippen molar-refractivity contribution in [2.75, 3.05) is 0 Å². The Morgan fingerprint density at radius 1 is 1.69 bits per heavy atom. The first kappa shape index (κ1) is 11.1. The molecule has 0 bridgehead atoms. The Bertz CT molecular complexity index is 371. The molecule has 2 rings (SSSR count). The molecule has 1 heterocycles. The lowest BCUT2D eigenvalue weighted by Crippen LogP contribution is -2.20. The Morgan fingerprint density at radius 3 is 3.06 bits per heavy atom. The molecular weight excluding hydrogens is 206 g/mol. The Labute approximate surface area is 94.4 Å². The summed E-state index contributed by atoms with van der Waals surface area (Å²) in [6.45, 7) is 1.81. The highest BCUT2D eigenvalue weighted by molar-refractivity contribution is 5.76. The van der Waals surface area contributed by atoms with E-state index in [0.29, 0.717) is 24.6 Å². The van der Waals surface area contributed by atoms with Crippen LogP contribution in [0.4, 0.5) is 0 Å². The first-order valence-electron chi connectivity index (χ1n) is 5.60. The molecular formula is C11H16N3O2. The first-order chi connectivity index (χ1) is 7.66. The monoisotopic (exact) mass is 222 g/mol. The van der Waals surface area contributed by atoms with Crippen LogP contribution in [0.1, 0.15) is 43.8 Å². The van der Waals surface area contributed by atoms with Gasteiger partial charge < -0.3 is 10.3 Å². The lowest BCUT2D eigenvalue weighted by atomic mass is 10.0. The lowest BCUT2D eigenvalue weighted by Gasteiger charge is -2.03. The molecule has 1 aromatic rings. The molecule has 1 radical (unpaired) electrons. The summed E-state index contributed by atoms with van der Waals surface area (Å²) in [6.07, 6.45) is 5.57. The molecule has 1 fully saturated rings. The van der Waals surface area contributed by atoms with Crippen molar-refractivity contribution in [3.05, 3.63) is 18.1 Å². The van der Waals surface area contributed by atoms with E-state index in [-0.39, 0.29) is 11.8 Å². The molecule has 0 unspecified atom stereocenters. The van der Waals surface area contributed by atoms with Gasteiger partial charge in [-0.25, -0.2) is 0 Å². The normalized spacial score (nSPS) is 17.3. The van der Waals surface area contributed by atoms with Crippen LogP contribution in [-0.2, 0) is 11.2 Å². The summed E-state index contributed by atoms with van der Waals surface area (Å²) in [7, 11) is 0. The molecule has 16 heavy (non-hydrogen) atoms. The van der Waals surface area contributed by atoms with Crippen molar-refractivity contribution in [1.29, 1.82) is 0 Å². The number of carbonyl (C=O) groups is 1. The average molecular weight is 222 g/mol. The van der Waals surface area contributed by atoms with E-state index in [9.17, 15) is 4.79 Å². The molecule has 0 aromatic carbocycles. The zero-order chi connectivity index (χ0) is 11.5. The minimum Gasteiger partial charge on any atom is -0.369 e. The number of rotatable bonds is 6. The fraction of sp³-hybridized carbons (Fsp3) is 0.636. The van der Waals surface area contributed by atoms with Crippen molar-refractivity contribution in [2.24, 2.45) is 11.7 Å². The molecule has 5 heteroatoms. The second kappa shape index (κ2) is 4.63. The minimum atomic E-state index is -0.275. The highest BCUT2D eigenvalue weighted by Gasteiger charge is 2.29.